The summed E-state index contributed by atoms with van der Waals surface area (Å²) in [5.74, 6) is -3.15. The van der Waals surface area contributed by atoms with Crippen LogP contribution >= 0.6 is 0 Å². The number of aliphatic carboxylic acids is 1. The Hall–Kier alpha value is -2.59. The maximum atomic E-state index is 11.6. The third kappa shape index (κ3) is 4.70. The van der Waals surface area contributed by atoms with Crippen molar-refractivity contribution >= 4 is 29.6 Å². The first-order valence-corrected chi connectivity index (χ1v) is 7.68. The van der Waals surface area contributed by atoms with Gasteiger partial charge in [-0.1, -0.05) is 0 Å². The monoisotopic (exact) mass is 354 g/mol. The van der Waals surface area contributed by atoms with Gasteiger partial charge in [-0.05, 0) is 0 Å². The average molecular weight is 354 g/mol. The summed E-state index contributed by atoms with van der Waals surface area (Å²) in [6.45, 7) is 0.0500. The highest BCUT2D eigenvalue weighted by Crippen LogP contribution is 2.16. The highest BCUT2D eigenvalue weighted by Gasteiger charge is 2.38. The van der Waals surface area contributed by atoms with Gasteiger partial charge >= 0.3 is 5.97 Å². The summed E-state index contributed by atoms with van der Waals surface area (Å²) in [7, 11) is 0. The Bertz CT molecular complexity index is 581. The fourth-order valence-electron chi connectivity index (χ4n) is 2.42. The topological polar surface area (TPSA) is 131 Å². The van der Waals surface area contributed by atoms with E-state index in [0.717, 1.165) is 9.80 Å². The van der Waals surface area contributed by atoms with Crippen molar-refractivity contribution in [2.75, 3.05) is 33.0 Å². The molecule has 1 N–H and O–H groups in total. The molecule has 0 bridgehead atoms. The third-order valence-electron chi connectivity index (χ3n) is 3.69. The minimum Gasteiger partial charge on any atom is -0.480 e. The van der Waals surface area contributed by atoms with E-state index in [0.29, 0.717) is 0 Å². The fourth-order valence-corrected chi connectivity index (χ4v) is 2.42. The van der Waals surface area contributed by atoms with E-state index in [9.17, 15) is 24.0 Å². The Balaban J connectivity index is 1.63. The molecule has 0 aromatic rings. The molecular weight excluding hydrogens is 336 g/mol. The van der Waals surface area contributed by atoms with Gasteiger partial charge in [0.05, 0.1) is 33.0 Å². The quantitative estimate of drug-likeness (QED) is 0.372. The highest BCUT2D eigenvalue weighted by atomic mass is 16.5. The molecule has 0 aliphatic carbocycles. The first-order valence-electron chi connectivity index (χ1n) is 7.68. The molecule has 10 nitrogen and oxygen atoms in total. The van der Waals surface area contributed by atoms with Gasteiger partial charge in [0.1, 0.15) is 0 Å². The molecule has 0 radical (unpaired) electrons. The van der Waals surface area contributed by atoms with Gasteiger partial charge in [0.2, 0.25) is 11.8 Å². The Kier molecular flexibility index (Phi) is 6.37. The van der Waals surface area contributed by atoms with Crippen molar-refractivity contribution in [3.05, 3.63) is 12.2 Å². The number of nitrogens with zero attached hydrogens (tertiary/aromatic N) is 2. The molecule has 1 atom stereocenters. The number of carbonyl (C=O) groups excluding carboxylic acids is 4. The predicted octanol–water partition coefficient (Wildman–Crippen LogP) is -1.45. The number of imide groups is 2. The molecule has 10 heteroatoms. The van der Waals surface area contributed by atoms with Crippen LogP contribution in [0.1, 0.15) is 12.8 Å². The van der Waals surface area contributed by atoms with E-state index >= 15 is 0 Å². The average Bonchev–Trinajstić information content (AvgIpc) is 3.06. The van der Waals surface area contributed by atoms with Crippen LogP contribution in [0.4, 0.5) is 0 Å². The molecule has 2 aliphatic heterocycles. The van der Waals surface area contributed by atoms with Crippen LogP contribution in [0, 0.1) is 0 Å². The van der Waals surface area contributed by atoms with Gasteiger partial charge in [-0.3, -0.25) is 29.0 Å². The number of carboxylic acids is 1. The zero-order chi connectivity index (χ0) is 18.4. The first-order chi connectivity index (χ1) is 11.9. The molecule has 1 saturated heterocycles. The van der Waals surface area contributed by atoms with Crippen molar-refractivity contribution in [1.82, 2.24) is 9.80 Å². The Morgan fingerprint density at radius 3 is 2.12 bits per heavy atom. The second-order valence-electron chi connectivity index (χ2n) is 5.36. The second-order valence-corrected chi connectivity index (χ2v) is 5.36. The molecule has 2 aliphatic rings. The largest absolute Gasteiger partial charge is 0.480 e. The molecule has 2 heterocycles. The molecular formula is C15H18N2O8. The number of hydrogen-bond donors (Lipinski definition) is 1. The molecule has 1 unspecified atom stereocenters. The van der Waals surface area contributed by atoms with Crippen molar-refractivity contribution in [2.45, 2.75) is 18.9 Å². The number of rotatable bonds is 10. The van der Waals surface area contributed by atoms with Gasteiger partial charge in [-0.2, -0.15) is 0 Å². The molecule has 0 aromatic carbocycles. The van der Waals surface area contributed by atoms with Gasteiger partial charge in [0.15, 0.2) is 6.04 Å². The summed E-state index contributed by atoms with van der Waals surface area (Å²) < 4.78 is 10.4. The van der Waals surface area contributed by atoms with Crippen LogP contribution in [0.2, 0.25) is 0 Å². The van der Waals surface area contributed by atoms with Crippen LogP contribution in [-0.2, 0) is 33.4 Å². The molecule has 0 spiro atoms. The zero-order valence-electron chi connectivity index (χ0n) is 13.4. The van der Waals surface area contributed by atoms with Crippen molar-refractivity contribution in [3.8, 4) is 0 Å². The van der Waals surface area contributed by atoms with E-state index in [1.54, 1.807) is 0 Å². The lowest BCUT2D eigenvalue weighted by molar-refractivity contribution is -0.157. The summed E-state index contributed by atoms with van der Waals surface area (Å²) in [6, 6.07) is -1.35. The van der Waals surface area contributed by atoms with Crippen LogP contribution in [0.15, 0.2) is 12.2 Å². The second kappa shape index (κ2) is 8.49. The van der Waals surface area contributed by atoms with Crippen molar-refractivity contribution < 1.29 is 38.6 Å². The molecule has 0 saturated carbocycles. The summed E-state index contributed by atoms with van der Waals surface area (Å²) >= 11 is 0. The lowest BCUT2D eigenvalue weighted by atomic mass is 10.3. The molecule has 4 amide bonds. The fraction of sp³-hybridized carbons (Fsp3) is 0.533. The van der Waals surface area contributed by atoms with Crippen molar-refractivity contribution in [1.29, 1.82) is 0 Å². The number of hydrogen-bond acceptors (Lipinski definition) is 7. The Morgan fingerprint density at radius 2 is 1.56 bits per heavy atom. The van der Waals surface area contributed by atoms with Gasteiger partial charge in [0, 0.05) is 25.0 Å². The maximum absolute atomic E-state index is 11.6. The first kappa shape index (κ1) is 18.7. The summed E-state index contributed by atoms with van der Waals surface area (Å²) in [6.07, 6.45) is 2.37. The van der Waals surface area contributed by atoms with Crippen LogP contribution < -0.4 is 0 Å². The number of amides is 4. The third-order valence-corrected chi connectivity index (χ3v) is 3.69. The lowest BCUT2D eigenvalue weighted by Gasteiger charge is -2.22. The highest BCUT2D eigenvalue weighted by molar-refractivity contribution is 6.12. The minimum atomic E-state index is -1.35. The minimum absolute atomic E-state index is 0.00845. The molecule has 25 heavy (non-hydrogen) atoms. The van der Waals surface area contributed by atoms with E-state index in [4.69, 9.17) is 14.6 Å². The molecule has 0 aromatic heterocycles. The maximum Gasteiger partial charge on any atom is 0.329 e. The summed E-state index contributed by atoms with van der Waals surface area (Å²) in [5.41, 5.74) is 0. The van der Waals surface area contributed by atoms with Crippen LogP contribution in [-0.4, -0.2) is 83.5 Å². The Labute approximate surface area is 142 Å². The van der Waals surface area contributed by atoms with Crippen molar-refractivity contribution in [3.63, 3.8) is 0 Å². The van der Waals surface area contributed by atoms with Gasteiger partial charge in [-0.25, -0.2) is 4.79 Å². The molecule has 2 rings (SSSR count). The normalized spacial score (nSPS) is 18.6. The molecule has 1 fully saturated rings. The van der Waals surface area contributed by atoms with Crippen LogP contribution in [0.3, 0.4) is 0 Å². The van der Waals surface area contributed by atoms with E-state index in [1.807, 2.05) is 0 Å². The summed E-state index contributed by atoms with van der Waals surface area (Å²) in [5, 5.41) is 9.15. The zero-order valence-corrected chi connectivity index (χ0v) is 13.4. The predicted molar refractivity (Wildman–Crippen MR) is 80.0 cm³/mol. The Morgan fingerprint density at radius 1 is 1.00 bits per heavy atom. The molecule has 136 valence electrons. The van der Waals surface area contributed by atoms with E-state index in [1.165, 1.54) is 12.2 Å². The lowest BCUT2D eigenvalue weighted by Crippen LogP contribution is -2.47. The van der Waals surface area contributed by atoms with Crippen LogP contribution in [0.5, 0.6) is 0 Å². The number of likely N-dealkylation sites (tertiary alicyclic amines) is 1. The van der Waals surface area contributed by atoms with E-state index in [-0.39, 0.29) is 45.8 Å². The summed E-state index contributed by atoms with van der Waals surface area (Å²) in [4.78, 5) is 58.7. The van der Waals surface area contributed by atoms with Crippen LogP contribution in [0.25, 0.3) is 0 Å². The number of carboxylic acid groups (broad SMARTS) is 1. The number of ether oxygens (including phenoxy) is 2. The van der Waals surface area contributed by atoms with Gasteiger partial charge < -0.3 is 14.6 Å². The van der Waals surface area contributed by atoms with Gasteiger partial charge in [0.25, 0.3) is 11.8 Å². The number of carbonyl (C=O) groups is 5. The van der Waals surface area contributed by atoms with E-state index in [2.05, 4.69) is 0 Å². The van der Waals surface area contributed by atoms with Gasteiger partial charge in [-0.15, -0.1) is 0 Å². The smallest absolute Gasteiger partial charge is 0.329 e. The SMILES string of the molecule is O=C(O)C(COCCOCCN1C(=O)C=CC1=O)N1C(=O)CCC1=O. The van der Waals surface area contributed by atoms with Crippen molar-refractivity contribution in [2.24, 2.45) is 0 Å². The standard InChI is InChI=1S/C15H18N2O8/c18-11-1-2-12(19)16(11)5-6-24-7-8-25-9-10(15(22)23)17-13(20)3-4-14(17)21/h1-2,10H,3-9H2,(H,22,23). The van der Waals surface area contributed by atoms with E-state index < -0.39 is 35.6 Å².